The smallest absolute Gasteiger partial charge is 0.315 e. The number of carbonyl (C=O) groups excluding carboxylic acids is 2. The number of hydrogen-bond acceptors (Lipinski definition) is 5. The Bertz CT molecular complexity index is 402. The molecule has 2 amide bonds. The Hall–Kier alpha value is -2.02. The van der Waals surface area contributed by atoms with Crippen molar-refractivity contribution in [3.8, 4) is 0 Å². The molecule has 2 rings (SSSR count). The van der Waals surface area contributed by atoms with E-state index in [4.69, 9.17) is 0 Å². The Labute approximate surface area is 98.2 Å². The molecule has 0 radical (unpaired) electrons. The Kier molecular flexibility index (Phi) is 3.61. The number of nitrogens with zero attached hydrogens (tertiary/aromatic N) is 3. The zero-order valence-electron chi connectivity index (χ0n) is 9.22. The lowest BCUT2D eigenvalue weighted by atomic mass is 10.3. The van der Waals surface area contributed by atoms with Gasteiger partial charge in [0, 0.05) is 38.6 Å². The number of aromatic nitrogens is 2. The molecule has 90 valence electrons. The third-order valence-corrected chi connectivity index (χ3v) is 2.40. The maximum Gasteiger partial charge on any atom is 0.315 e. The molecule has 0 spiro atoms. The summed E-state index contributed by atoms with van der Waals surface area (Å²) in [5, 5.41) is 5.53. The van der Waals surface area contributed by atoms with E-state index >= 15 is 0 Å². The molecule has 1 aliphatic rings. The van der Waals surface area contributed by atoms with Gasteiger partial charge in [-0.2, -0.15) is 0 Å². The second-order valence-electron chi connectivity index (χ2n) is 3.59. The number of nitrogens with one attached hydrogen (secondary N) is 2. The average molecular weight is 235 g/mol. The molecular formula is C10H13N5O2. The van der Waals surface area contributed by atoms with Gasteiger partial charge in [0.25, 0.3) is 0 Å². The van der Waals surface area contributed by atoms with Crippen LogP contribution in [0.15, 0.2) is 18.6 Å². The predicted molar refractivity (Wildman–Crippen MR) is 60.1 cm³/mol. The molecule has 0 saturated carbocycles. The van der Waals surface area contributed by atoms with Crippen LogP contribution in [0.25, 0.3) is 0 Å². The Morgan fingerprint density at radius 3 is 2.71 bits per heavy atom. The summed E-state index contributed by atoms with van der Waals surface area (Å²) >= 11 is 0. The van der Waals surface area contributed by atoms with Crippen LogP contribution < -0.4 is 10.6 Å². The number of hydrogen-bond donors (Lipinski definition) is 2. The fraction of sp³-hybridized carbons (Fsp3) is 0.400. The van der Waals surface area contributed by atoms with Gasteiger partial charge in [0.2, 0.25) is 0 Å². The summed E-state index contributed by atoms with van der Waals surface area (Å²) in [6.45, 7) is 2.52. The van der Waals surface area contributed by atoms with E-state index in [0.29, 0.717) is 26.2 Å². The monoisotopic (exact) mass is 235 g/mol. The molecule has 17 heavy (non-hydrogen) atoms. The van der Waals surface area contributed by atoms with E-state index in [0.717, 1.165) is 0 Å². The van der Waals surface area contributed by atoms with Crippen molar-refractivity contribution < 1.29 is 9.59 Å². The van der Waals surface area contributed by atoms with Crippen LogP contribution in [-0.2, 0) is 9.59 Å². The summed E-state index contributed by atoms with van der Waals surface area (Å²) in [5.41, 5.74) is 0. The molecule has 7 nitrogen and oxygen atoms in total. The second kappa shape index (κ2) is 5.35. The maximum atomic E-state index is 11.7. The van der Waals surface area contributed by atoms with Gasteiger partial charge in [0.1, 0.15) is 0 Å². The van der Waals surface area contributed by atoms with Gasteiger partial charge in [0.05, 0.1) is 6.20 Å². The maximum absolute atomic E-state index is 11.7. The summed E-state index contributed by atoms with van der Waals surface area (Å²) in [6.07, 6.45) is 4.33. The van der Waals surface area contributed by atoms with Crippen molar-refractivity contribution in [1.29, 1.82) is 0 Å². The van der Waals surface area contributed by atoms with E-state index in [1.165, 1.54) is 23.5 Å². The van der Waals surface area contributed by atoms with Gasteiger partial charge in [-0.15, -0.1) is 0 Å². The molecule has 0 bridgehead atoms. The number of carbonyl (C=O) groups is 2. The molecule has 1 aromatic heterocycles. The van der Waals surface area contributed by atoms with Crippen molar-refractivity contribution in [2.75, 3.05) is 31.5 Å². The minimum Gasteiger partial charge on any atom is -0.332 e. The van der Waals surface area contributed by atoms with Crippen molar-refractivity contribution >= 4 is 17.6 Å². The SMILES string of the molecule is O=C(Nc1cnccn1)C(=O)N1CCNCC1. The van der Waals surface area contributed by atoms with Crippen LogP contribution in [-0.4, -0.2) is 52.9 Å². The van der Waals surface area contributed by atoms with E-state index in [1.54, 1.807) is 0 Å². The standard InChI is InChI=1S/C10H13N5O2/c16-9(14-8-7-12-1-2-13-8)10(17)15-5-3-11-4-6-15/h1-2,7,11H,3-6H2,(H,13,14,16). The van der Waals surface area contributed by atoms with E-state index in [2.05, 4.69) is 20.6 Å². The lowest BCUT2D eigenvalue weighted by molar-refractivity contribution is -0.143. The molecular weight excluding hydrogens is 222 g/mol. The summed E-state index contributed by atoms with van der Waals surface area (Å²) in [5.74, 6) is -0.925. The largest absolute Gasteiger partial charge is 0.332 e. The molecule has 1 fully saturated rings. The first-order chi connectivity index (χ1) is 8.27. The summed E-state index contributed by atoms with van der Waals surface area (Å²) in [7, 11) is 0. The van der Waals surface area contributed by atoms with Crippen LogP contribution in [0.4, 0.5) is 5.82 Å². The molecule has 0 aromatic carbocycles. The fourth-order valence-corrected chi connectivity index (χ4v) is 1.54. The molecule has 0 aliphatic carbocycles. The van der Waals surface area contributed by atoms with Crippen LogP contribution in [0.5, 0.6) is 0 Å². The molecule has 1 saturated heterocycles. The van der Waals surface area contributed by atoms with Crippen molar-refractivity contribution in [2.24, 2.45) is 0 Å². The van der Waals surface area contributed by atoms with E-state index in [9.17, 15) is 9.59 Å². The lowest BCUT2D eigenvalue weighted by Crippen LogP contribution is -2.49. The highest BCUT2D eigenvalue weighted by Gasteiger charge is 2.23. The number of piperazine rings is 1. The van der Waals surface area contributed by atoms with Gasteiger partial charge in [-0.3, -0.25) is 14.6 Å². The zero-order chi connectivity index (χ0) is 12.1. The van der Waals surface area contributed by atoms with E-state index < -0.39 is 11.8 Å². The number of rotatable bonds is 1. The molecule has 1 aromatic rings. The van der Waals surface area contributed by atoms with Gasteiger partial charge in [-0.1, -0.05) is 0 Å². The van der Waals surface area contributed by atoms with Crippen molar-refractivity contribution in [1.82, 2.24) is 20.2 Å². The lowest BCUT2D eigenvalue weighted by Gasteiger charge is -2.26. The van der Waals surface area contributed by atoms with Crippen molar-refractivity contribution in [3.63, 3.8) is 0 Å². The van der Waals surface area contributed by atoms with E-state index in [1.807, 2.05) is 0 Å². The fourth-order valence-electron chi connectivity index (χ4n) is 1.54. The van der Waals surface area contributed by atoms with E-state index in [-0.39, 0.29) is 5.82 Å². The van der Waals surface area contributed by atoms with Gasteiger partial charge in [0.15, 0.2) is 5.82 Å². The molecule has 2 heterocycles. The summed E-state index contributed by atoms with van der Waals surface area (Å²) in [4.78, 5) is 32.5. The third-order valence-electron chi connectivity index (χ3n) is 2.40. The summed E-state index contributed by atoms with van der Waals surface area (Å²) < 4.78 is 0. The van der Waals surface area contributed by atoms with Gasteiger partial charge in [-0.25, -0.2) is 4.98 Å². The number of amides is 2. The molecule has 2 N–H and O–H groups in total. The van der Waals surface area contributed by atoms with Gasteiger partial charge in [-0.05, 0) is 0 Å². The quantitative estimate of drug-likeness (QED) is 0.600. The normalized spacial score (nSPS) is 15.4. The minimum absolute atomic E-state index is 0.279. The van der Waals surface area contributed by atoms with Crippen LogP contribution in [0.3, 0.4) is 0 Å². The van der Waals surface area contributed by atoms with Gasteiger partial charge < -0.3 is 15.5 Å². The third kappa shape index (κ3) is 2.97. The van der Waals surface area contributed by atoms with Gasteiger partial charge >= 0.3 is 11.8 Å². The first kappa shape index (κ1) is 11.5. The Morgan fingerprint density at radius 2 is 2.06 bits per heavy atom. The number of anilines is 1. The van der Waals surface area contributed by atoms with Crippen molar-refractivity contribution in [2.45, 2.75) is 0 Å². The Balaban J connectivity index is 1.93. The Morgan fingerprint density at radius 1 is 1.29 bits per heavy atom. The van der Waals surface area contributed by atoms with Crippen molar-refractivity contribution in [3.05, 3.63) is 18.6 Å². The zero-order valence-corrected chi connectivity index (χ0v) is 9.22. The highest BCUT2D eigenvalue weighted by Crippen LogP contribution is 2.00. The second-order valence-corrected chi connectivity index (χ2v) is 3.59. The first-order valence-electron chi connectivity index (χ1n) is 5.34. The average Bonchev–Trinajstić information content (AvgIpc) is 2.40. The van der Waals surface area contributed by atoms with Crippen LogP contribution in [0.2, 0.25) is 0 Å². The van der Waals surface area contributed by atoms with Crippen LogP contribution >= 0.6 is 0 Å². The topological polar surface area (TPSA) is 87.2 Å². The van der Waals surface area contributed by atoms with Crippen LogP contribution in [0, 0.1) is 0 Å². The predicted octanol–water partition coefficient (Wildman–Crippen LogP) is -1.15. The minimum atomic E-state index is -0.674. The molecule has 1 aliphatic heterocycles. The van der Waals surface area contributed by atoms with Crippen LogP contribution in [0.1, 0.15) is 0 Å². The molecule has 0 atom stereocenters. The molecule has 7 heteroatoms. The molecule has 0 unspecified atom stereocenters. The first-order valence-corrected chi connectivity index (χ1v) is 5.34. The highest BCUT2D eigenvalue weighted by molar-refractivity contribution is 6.39. The highest BCUT2D eigenvalue weighted by atomic mass is 16.2. The summed E-state index contributed by atoms with van der Waals surface area (Å²) in [6, 6.07) is 0.